The molecule has 0 radical (unpaired) electrons. The molecular weight excluding hydrogens is 686 g/mol. The molecule has 6 nitrogen and oxygen atoms in total. The molecule has 0 fully saturated rings. The summed E-state index contributed by atoms with van der Waals surface area (Å²) in [6.07, 6.45) is 1.54. The summed E-state index contributed by atoms with van der Waals surface area (Å²) >= 11 is 11.5. The fourth-order valence-electron chi connectivity index (χ4n) is 2.80. The number of carbonyl (C=O) groups excluding carboxylic acids is 1. The SMILES string of the molecule is O=C(N/N=C\c1cc(I)c(O)c(I)c1)c1ccc(-c2csc(Nc3ccc(Cl)cc3)n2)cc1. The molecule has 0 saturated heterocycles. The molecule has 3 N–H and O–H groups in total. The Morgan fingerprint density at radius 3 is 2.39 bits per heavy atom. The second kappa shape index (κ2) is 10.8. The van der Waals surface area contributed by atoms with Crippen LogP contribution in [0.5, 0.6) is 5.75 Å². The topological polar surface area (TPSA) is 86.6 Å². The van der Waals surface area contributed by atoms with Gasteiger partial charge in [0.15, 0.2) is 5.13 Å². The van der Waals surface area contributed by atoms with Crippen molar-refractivity contribution in [2.24, 2.45) is 5.10 Å². The minimum Gasteiger partial charge on any atom is -0.506 e. The zero-order chi connectivity index (χ0) is 23.4. The molecule has 4 aromatic rings. The highest BCUT2D eigenvalue weighted by Crippen LogP contribution is 2.28. The maximum Gasteiger partial charge on any atom is 0.271 e. The summed E-state index contributed by atoms with van der Waals surface area (Å²) in [6.45, 7) is 0. The Labute approximate surface area is 226 Å². The van der Waals surface area contributed by atoms with Crippen molar-refractivity contribution in [3.8, 4) is 17.0 Å². The van der Waals surface area contributed by atoms with E-state index >= 15 is 0 Å². The molecule has 0 bridgehead atoms. The molecule has 0 aliphatic rings. The number of hydrogen-bond acceptors (Lipinski definition) is 6. The van der Waals surface area contributed by atoms with E-state index in [4.69, 9.17) is 11.6 Å². The third-order valence-corrected chi connectivity index (χ3v) is 7.12. The highest BCUT2D eigenvalue weighted by molar-refractivity contribution is 14.1. The van der Waals surface area contributed by atoms with Crippen LogP contribution in [0, 0.1) is 7.14 Å². The predicted molar refractivity (Wildman–Crippen MR) is 151 cm³/mol. The third kappa shape index (κ3) is 6.22. The zero-order valence-corrected chi connectivity index (χ0v) is 22.6. The number of anilines is 2. The molecule has 1 heterocycles. The Hall–Kier alpha value is -2.22. The molecule has 4 rings (SSSR count). The molecule has 166 valence electrons. The number of aromatic nitrogens is 1. The van der Waals surface area contributed by atoms with Gasteiger partial charge in [0.1, 0.15) is 5.75 Å². The maximum absolute atomic E-state index is 12.4. The van der Waals surface area contributed by atoms with Crippen LogP contribution in [0.2, 0.25) is 5.02 Å². The van der Waals surface area contributed by atoms with Gasteiger partial charge in [-0.05, 0) is 99.3 Å². The molecule has 0 atom stereocenters. The number of thiazole rings is 1. The van der Waals surface area contributed by atoms with E-state index in [1.807, 2.05) is 87.0 Å². The number of halogens is 3. The van der Waals surface area contributed by atoms with Gasteiger partial charge in [-0.1, -0.05) is 23.7 Å². The highest BCUT2D eigenvalue weighted by atomic mass is 127. The second-order valence-corrected chi connectivity index (χ2v) is 10.4. The first kappa shape index (κ1) is 23.9. The van der Waals surface area contributed by atoms with E-state index in [0.717, 1.165) is 34.8 Å². The molecule has 0 unspecified atom stereocenters. The van der Waals surface area contributed by atoms with Crippen LogP contribution in [0.25, 0.3) is 11.3 Å². The fraction of sp³-hybridized carbons (Fsp3) is 0. The molecular formula is C23H15ClI2N4O2S. The van der Waals surface area contributed by atoms with Crippen molar-refractivity contribution >= 4 is 91.1 Å². The minimum atomic E-state index is -0.315. The number of nitrogens with one attached hydrogen (secondary N) is 2. The lowest BCUT2D eigenvalue weighted by atomic mass is 10.1. The van der Waals surface area contributed by atoms with Crippen molar-refractivity contribution in [1.82, 2.24) is 10.4 Å². The van der Waals surface area contributed by atoms with Crippen molar-refractivity contribution < 1.29 is 9.90 Å². The van der Waals surface area contributed by atoms with Gasteiger partial charge in [0.2, 0.25) is 0 Å². The number of aromatic hydroxyl groups is 1. The predicted octanol–water partition coefficient (Wildman–Crippen LogP) is 6.89. The van der Waals surface area contributed by atoms with Gasteiger partial charge in [-0.15, -0.1) is 11.3 Å². The van der Waals surface area contributed by atoms with E-state index in [0.29, 0.717) is 10.6 Å². The normalized spacial score (nSPS) is 11.0. The van der Waals surface area contributed by atoms with Crippen molar-refractivity contribution in [2.75, 3.05) is 5.32 Å². The van der Waals surface area contributed by atoms with E-state index in [9.17, 15) is 9.90 Å². The highest BCUT2D eigenvalue weighted by Gasteiger charge is 2.09. The number of hydrogen-bond donors (Lipinski definition) is 3. The summed E-state index contributed by atoms with van der Waals surface area (Å²) in [4.78, 5) is 17.0. The first-order chi connectivity index (χ1) is 15.9. The molecule has 33 heavy (non-hydrogen) atoms. The van der Waals surface area contributed by atoms with E-state index in [1.165, 1.54) is 11.3 Å². The molecule has 0 saturated carbocycles. The van der Waals surface area contributed by atoms with Crippen LogP contribution in [-0.4, -0.2) is 22.2 Å². The number of phenolic OH excluding ortho intramolecular Hbond substituents is 1. The molecule has 10 heteroatoms. The van der Waals surface area contributed by atoms with E-state index < -0.39 is 0 Å². The number of nitrogens with zero attached hydrogens (tertiary/aromatic N) is 2. The largest absolute Gasteiger partial charge is 0.506 e. The molecule has 0 aliphatic carbocycles. The van der Waals surface area contributed by atoms with Crippen molar-refractivity contribution in [3.63, 3.8) is 0 Å². The quantitative estimate of drug-likeness (QED) is 0.116. The van der Waals surface area contributed by atoms with Gasteiger partial charge in [0, 0.05) is 27.2 Å². The van der Waals surface area contributed by atoms with Crippen LogP contribution >= 0.6 is 68.1 Å². The average Bonchev–Trinajstić information content (AvgIpc) is 3.27. The minimum absolute atomic E-state index is 0.241. The lowest BCUT2D eigenvalue weighted by molar-refractivity contribution is 0.0955. The van der Waals surface area contributed by atoms with E-state index in [1.54, 1.807) is 30.5 Å². The smallest absolute Gasteiger partial charge is 0.271 e. The zero-order valence-electron chi connectivity index (χ0n) is 16.7. The molecule has 0 spiro atoms. The van der Waals surface area contributed by atoms with Gasteiger partial charge in [0.05, 0.1) is 19.0 Å². The van der Waals surface area contributed by atoms with Crippen LogP contribution in [0.4, 0.5) is 10.8 Å². The first-order valence-electron chi connectivity index (χ1n) is 9.49. The Morgan fingerprint density at radius 1 is 1.06 bits per heavy atom. The molecule has 0 aliphatic heterocycles. The summed E-state index contributed by atoms with van der Waals surface area (Å²) in [7, 11) is 0. The Kier molecular flexibility index (Phi) is 7.83. The first-order valence-corrected chi connectivity index (χ1v) is 12.9. The number of hydrazone groups is 1. The van der Waals surface area contributed by atoms with E-state index in [-0.39, 0.29) is 11.7 Å². The maximum atomic E-state index is 12.4. The summed E-state index contributed by atoms with van der Waals surface area (Å²) in [5.74, 6) is -0.0742. The Morgan fingerprint density at radius 2 is 1.73 bits per heavy atom. The third-order valence-electron chi connectivity index (χ3n) is 4.46. The monoisotopic (exact) mass is 700 g/mol. The van der Waals surface area contributed by atoms with Crippen molar-refractivity contribution in [2.45, 2.75) is 0 Å². The number of rotatable bonds is 6. The summed E-state index contributed by atoms with van der Waals surface area (Å²) < 4.78 is 1.44. The van der Waals surface area contributed by atoms with Crippen LogP contribution in [0.15, 0.2) is 71.1 Å². The van der Waals surface area contributed by atoms with Crippen molar-refractivity contribution in [3.05, 3.63) is 89.3 Å². The summed E-state index contributed by atoms with van der Waals surface area (Å²) in [5.41, 5.74) is 6.42. The van der Waals surface area contributed by atoms with E-state index in [2.05, 4.69) is 20.8 Å². The number of carbonyl (C=O) groups is 1. The van der Waals surface area contributed by atoms with Gasteiger partial charge < -0.3 is 10.4 Å². The average molecular weight is 701 g/mol. The molecule has 3 aromatic carbocycles. The Balaban J connectivity index is 1.38. The summed E-state index contributed by atoms with van der Waals surface area (Å²) in [6, 6.07) is 18.2. The van der Waals surface area contributed by atoms with Crippen LogP contribution in [0.1, 0.15) is 15.9 Å². The lowest BCUT2D eigenvalue weighted by Crippen LogP contribution is -2.17. The van der Waals surface area contributed by atoms with Gasteiger partial charge in [-0.25, -0.2) is 10.4 Å². The standard InChI is InChI=1S/C23H15ClI2N4O2S/c24-16-5-7-17(8-6-16)28-23-29-20(12-33-23)14-1-3-15(4-2-14)22(32)30-27-11-13-9-18(25)21(31)19(26)10-13/h1-12,31H,(H,28,29)(H,30,32)/b27-11-. The summed E-state index contributed by atoms with van der Waals surface area (Å²) in [5, 5.41) is 20.5. The fourth-order valence-corrected chi connectivity index (χ4v) is 5.48. The van der Waals surface area contributed by atoms with Crippen LogP contribution in [0.3, 0.4) is 0 Å². The van der Waals surface area contributed by atoms with Gasteiger partial charge in [-0.2, -0.15) is 5.10 Å². The number of benzene rings is 3. The van der Waals surface area contributed by atoms with Gasteiger partial charge in [-0.3, -0.25) is 4.79 Å². The molecule has 1 amide bonds. The number of phenols is 1. The number of amides is 1. The van der Waals surface area contributed by atoms with Gasteiger partial charge >= 0.3 is 0 Å². The second-order valence-electron chi connectivity index (χ2n) is 6.78. The van der Waals surface area contributed by atoms with Crippen LogP contribution < -0.4 is 10.7 Å². The van der Waals surface area contributed by atoms with Gasteiger partial charge in [0.25, 0.3) is 5.91 Å². The molecule has 1 aromatic heterocycles. The van der Waals surface area contributed by atoms with Crippen molar-refractivity contribution in [1.29, 1.82) is 0 Å². The Bertz CT molecular complexity index is 1300. The lowest BCUT2D eigenvalue weighted by Gasteiger charge is -2.04. The van der Waals surface area contributed by atoms with Crippen LogP contribution in [-0.2, 0) is 0 Å².